The molecule has 0 spiro atoms. The summed E-state index contributed by atoms with van der Waals surface area (Å²) in [5.74, 6) is 0.305. The average Bonchev–Trinajstić information content (AvgIpc) is 3.36. The normalized spacial score (nSPS) is 11.0. The van der Waals surface area contributed by atoms with E-state index in [9.17, 15) is 9.59 Å². The molecule has 0 atom stereocenters. The number of urea groups is 1. The van der Waals surface area contributed by atoms with Gasteiger partial charge < -0.3 is 11.1 Å². The smallest absolute Gasteiger partial charge is 0.326 e. The zero-order valence-electron chi connectivity index (χ0n) is 16.2. The SMILES string of the molecule is CC(C)c1cc(C(=O)c2cccc(NC(=O)Nc3ncn[nH]3)c2)c2c(N)ncnn12. The van der Waals surface area contributed by atoms with Gasteiger partial charge in [-0.3, -0.25) is 10.1 Å². The number of anilines is 3. The number of hydrogen-bond donors (Lipinski definition) is 4. The molecule has 0 bridgehead atoms. The summed E-state index contributed by atoms with van der Waals surface area (Å²) < 4.78 is 1.65. The molecule has 0 aliphatic rings. The number of nitrogens with one attached hydrogen (secondary N) is 3. The van der Waals surface area contributed by atoms with E-state index >= 15 is 0 Å². The highest BCUT2D eigenvalue weighted by atomic mass is 16.2. The molecule has 11 heteroatoms. The first-order chi connectivity index (χ1) is 14.4. The fourth-order valence-electron chi connectivity index (χ4n) is 3.11. The fraction of sp³-hybridized carbons (Fsp3) is 0.158. The predicted octanol–water partition coefficient (Wildman–Crippen LogP) is 2.43. The van der Waals surface area contributed by atoms with Gasteiger partial charge in [0.1, 0.15) is 18.2 Å². The number of carbonyl (C=O) groups is 2. The van der Waals surface area contributed by atoms with Gasteiger partial charge in [-0.15, -0.1) is 0 Å². The van der Waals surface area contributed by atoms with Gasteiger partial charge in [-0.1, -0.05) is 26.0 Å². The predicted molar refractivity (Wildman–Crippen MR) is 110 cm³/mol. The summed E-state index contributed by atoms with van der Waals surface area (Å²) in [4.78, 5) is 33.2. The molecule has 11 nitrogen and oxygen atoms in total. The lowest BCUT2D eigenvalue weighted by molar-refractivity contribution is 0.104. The molecule has 4 rings (SSSR count). The lowest BCUT2D eigenvalue weighted by Gasteiger charge is -2.07. The number of carbonyl (C=O) groups excluding carboxylic acids is 2. The summed E-state index contributed by atoms with van der Waals surface area (Å²) in [5.41, 5.74) is 8.59. The second kappa shape index (κ2) is 7.62. The van der Waals surface area contributed by atoms with Gasteiger partial charge in [0.15, 0.2) is 11.6 Å². The number of amides is 2. The molecule has 3 heterocycles. The number of nitrogens with zero attached hydrogens (tertiary/aromatic N) is 5. The third-order valence-electron chi connectivity index (χ3n) is 4.48. The van der Waals surface area contributed by atoms with E-state index in [1.807, 2.05) is 13.8 Å². The lowest BCUT2D eigenvalue weighted by Crippen LogP contribution is -2.20. The van der Waals surface area contributed by atoms with Crippen molar-refractivity contribution in [3.05, 3.63) is 59.8 Å². The Labute approximate surface area is 170 Å². The molecule has 0 fully saturated rings. The molecule has 1 aromatic carbocycles. The van der Waals surface area contributed by atoms with Crippen LogP contribution in [0.2, 0.25) is 0 Å². The third-order valence-corrected chi connectivity index (χ3v) is 4.48. The molecule has 0 saturated carbocycles. The Hall–Kier alpha value is -4.28. The van der Waals surface area contributed by atoms with E-state index in [2.05, 4.69) is 35.9 Å². The van der Waals surface area contributed by atoms with Crippen molar-refractivity contribution in [2.45, 2.75) is 19.8 Å². The van der Waals surface area contributed by atoms with Crippen LogP contribution in [0.25, 0.3) is 5.52 Å². The minimum atomic E-state index is -0.523. The van der Waals surface area contributed by atoms with E-state index in [0.717, 1.165) is 5.69 Å². The van der Waals surface area contributed by atoms with Crippen LogP contribution < -0.4 is 16.4 Å². The van der Waals surface area contributed by atoms with Gasteiger partial charge in [0.05, 0.1) is 5.56 Å². The van der Waals surface area contributed by atoms with E-state index < -0.39 is 6.03 Å². The molecule has 30 heavy (non-hydrogen) atoms. The van der Waals surface area contributed by atoms with Crippen LogP contribution in [-0.4, -0.2) is 41.6 Å². The highest BCUT2D eigenvalue weighted by molar-refractivity contribution is 6.15. The van der Waals surface area contributed by atoms with Crippen LogP contribution in [0.5, 0.6) is 0 Å². The second-order valence-corrected chi connectivity index (χ2v) is 6.87. The zero-order chi connectivity index (χ0) is 21.3. The van der Waals surface area contributed by atoms with E-state index in [0.29, 0.717) is 22.3 Å². The van der Waals surface area contributed by atoms with Crippen LogP contribution in [-0.2, 0) is 0 Å². The Balaban J connectivity index is 1.64. The standard InChI is InChI=1S/C19H19N9O2/c1-10(2)14-7-13(15-17(20)21-9-24-28(14)15)16(29)11-4-3-5-12(6-11)25-19(30)26-18-22-8-23-27-18/h3-10H,1-2H3,(H2,20,21,24)(H3,22,23,25,26,27,30). The summed E-state index contributed by atoms with van der Waals surface area (Å²) in [6.45, 7) is 4.01. The van der Waals surface area contributed by atoms with Crippen molar-refractivity contribution >= 4 is 34.8 Å². The molecular formula is C19H19N9O2. The molecule has 3 aromatic heterocycles. The first kappa shape index (κ1) is 19.1. The number of nitrogens with two attached hydrogens (primary N) is 1. The maximum absolute atomic E-state index is 13.3. The number of hydrogen-bond acceptors (Lipinski definition) is 7. The first-order valence-electron chi connectivity index (χ1n) is 9.14. The first-order valence-corrected chi connectivity index (χ1v) is 9.14. The maximum Gasteiger partial charge on any atom is 0.326 e. The monoisotopic (exact) mass is 405 g/mol. The van der Waals surface area contributed by atoms with Crippen molar-refractivity contribution < 1.29 is 9.59 Å². The second-order valence-electron chi connectivity index (χ2n) is 6.87. The van der Waals surface area contributed by atoms with Gasteiger partial charge in [-0.05, 0) is 24.1 Å². The van der Waals surface area contributed by atoms with Crippen molar-refractivity contribution in [2.24, 2.45) is 0 Å². The highest BCUT2D eigenvalue weighted by Gasteiger charge is 2.22. The number of aromatic nitrogens is 6. The molecule has 0 saturated heterocycles. The summed E-state index contributed by atoms with van der Waals surface area (Å²) in [7, 11) is 0. The quantitative estimate of drug-likeness (QED) is 0.371. The fourth-order valence-corrected chi connectivity index (χ4v) is 3.11. The molecular weight excluding hydrogens is 386 g/mol. The Morgan fingerprint density at radius 1 is 1.13 bits per heavy atom. The number of benzene rings is 1. The Morgan fingerprint density at radius 3 is 2.70 bits per heavy atom. The number of fused-ring (bicyclic) bond motifs is 1. The van der Waals surface area contributed by atoms with Gasteiger partial charge in [-0.2, -0.15) is 15.2 Å². The lowest BCUT2D eigenvalue weighted by atomic mass is 10.0. The average molecular weight is 405 g/mol. The summed E-state index contributed by atoms with van der Waals surface area (Å²) in [6.07, 6.45) is 2.64. The van der Waals surface area contributed by atoms with Gasteiger partial charge in [0.2, 0.25) is 5.95 Å². The van der Waals surface area contributed by atoms with E-state index in [-0.39, 0.29) is 23.5 Å². The summed E-state index contributed by atoms with van der Waals surface area (Å²) in [6, 6.07) is 7.86. The van der Waals surface area contributed by atoms with Gasteiger partial charge in [0, 0.05) is 16.9 Å². The topological polar surface area (TPSA) is 156 Å². The highest BCUT2D eigenvalue weighted by Crippen LogP contribution is 2.27. The van der Waals surface area contributed by atoms with Crippen molar-refractivity contribution in [3.63, 3.8) is 0 Å². The zero-order valence-corrected chi connectivity index (χ0v) is 16.2. The molecule has 0 aliphatic heterocycles. The molecule has 0 aliphatic carbocycles. The number of rotatable bonds is 5. The van der Waals surface area contributed by atoms with Crippen LogP contribution in [0.15, 0.2) is 43.0 Å². The maximum atomic E-state index is 13.3. The van der Waals surface area contributed by atoms with Gasteiger partial charge >= 0.3 is 6.03 Å². The van der Waals surface area contributed by atoms with Gasteiger partial charge in [0.25, 0.3) is 0 Å². The summed E-state index contributed by atoms with van der Waals surface area (Å²) in [5, 5.41) is 15.6. The van der Waals surface area contributed by atoms with Crippen molar-refractivity contribution in [1.82, 2.24) is 29.8 Å². The number of aromatic amines is 1. The largest absolute Gasteiger partial charge is 0.382 e. The number of H-pyrrole nitrogens is 1. The molecule has 2 amide bonds. The van der Waals surface area contributed by atoms with Crippen LogP contribution >= 0.6 is 0 Å². The molecule has 4 aromatic rings. The molecule has 5 N–H and O–H groups in total. The Bertz CT molecular complexity index is 1230. The van der Waals surface area contributed by atoms with E-state index in [4.69, 9.17) is 5.73 Å². The number of ketones is 1. The molecule has 152 valence electrons. The van der Waals surface area contributed by atoms with Gasteiger partial charge in [-0.25, -0.2) is 19.4 Å². The van der Waals surface area contributed by atoms with Crippen molar-refractivity contribution in [1.29, 1.82) is 0 Å². The van der Waals surface area contributed by atoms with E-state index in [1.54, 1.807) is 34.8 Å². The minimum Gasteiger partial charge on any atom is -0.382 e. The summed E-state index contributed by atoms with van der Waals surface area (Å²) >= 11 is 0. The van der Waals surface area contributed by atoms with Crippen LogP contribution in [0.3, 0.4) is 0 Å². The Kier molecular flexibility index (Phi) is 4.84. The minimum absolute atomic E-state index is 0.126. The van der Waals surface area contributed by atoms with Crippen LogP contribution in [0.4, 0.5) is 22.2 Å². The van der Waals surface area contributed by atoms with Crippen molar-refractivity contribution in [3.8, 4) is 0 Å². The third kappa shape index (κ3) is 3.55. The van der Waals surface area contributed by atoms with Crippen LogP contribution in [0.1, 0.15) is 41.4 Å². The van der Waals surface area contributed by atoms with E-state index in [1.165, 1.54) is 12.7 Å². The molecule has 0 radical (unpaired) electrons. The molecule has 0 unspecified atom stereocenters. The van der Waals surface area contributed by atoms with Crippen LogP contribution in [0, 0.1) is 0 Å². The van der Waals surface area contributed by atoms with Crippen molar-refractivity contribution in [2.75, 3.05) is 16.4 Å². The number of nitrogen functional groups attached to an aromatic ring is 1. The Morgan fingerprint density at radius 2 is 1.97 bits per heavy atom.